The highest BCUT2D eigenvalue weighted by Crippen LogP contribution is 2.28. The summed E-state index contributed by atoms with van der Waals surface area (Å²) in [4.78, 5) is 2.43. The van der Waals surface area contributed by atoms with Crippen LogP contribution < -0.4 is 10.6 Å². The van der Waals surface area contributed by atoms with E-state index in [1.54, 1.807) is 0 Å². The van der Waals surface area contributed by atoms with Crippen molar-refractivity contribution in [2.24, 2.45) is 5.73 Å². The van der Waals surface area contributed by atoms with Crippen LogP contribution in [0.15, 0.2) is 22.7 Å². The van der Waals surface area contributed by atoms with Crippen LogP contribution in [0.25, 0.3) is 0 Å². The molecule has 0 atom stereocenters. The van der Waals surface area contributed by atoms with Gasteiger partial charge in [-0.2, -0.15) is 0 Å². The van der Waals surface area contributed by atoms with Gasteiger partial charge in [-0.05, 0) is 40.5 Å². The van der Waals surface area contributed by atoms with Gasteiger partial charge in [-0.15, -0.1) is 0 Å². The predicted octanol–water partition coefficient (Wildman–Crippen LogP) is 1.71. The molecular formula is C12H15BrN2O2S2. The highest BCUT2D eigenvalue weighted by molar-refractivity contribution is 9.10. The summed E-state index contributed by atoms with van der Waals surface area (Å²) in [5, 5.41) is 0. The van der Waals surface area contributed by atoms with Gasteiger partial charge in [0.2, 0.25) is 0 Å². The van der Waals surface area contributed by atoms with Crippen LogP contribution in [0.3, 0.4) is 0 Å². The number of nitrogens with two attached hydrogens (primary N) is 1. The van der Waals surface area contributed by atoms with E-state index in [-0.39, 0.29) is 11.5 Å². The van der Waals surface area contributed by atoms with Crippen LogP contribution in [0.1, 0.15) is 12.0 Å². The average molecular weight is 363 g/mol. The predicted molar refractivity (Wildman–Crippen MR) is 85.5 cm³/mol. The molecule has 1 heterocycles. The lowest BCUT2D eigenvalue weighted by atomic mass is 10.2. The van der Waals surface area contributed by atoms with E-state index in [4.69, 9.17) is 18.0 Å². The van der Waals surface area contributed by atoms with Crippen molar-refractivity contribution in [2.75, 3.05) is 29.5 Å². The molecular weight excluding hydrogens is 348 g/mol. The SMILES string of the molecule is NC(=S)c1ccc(N2CCCS(=O)(=O)CC2)c(Br)c1. The van der Waals surface area contributed by atoms with Crippen LogP contribution in [0.5, 0.6) is 0 Å². The number of hydrogen-bond acceptors (Lipinski definition) is 4. The first-order chi connectivity index (χ1) is 8.89. The van der Waals surface area contributed by atoms with Gasteiger partial charge in [0, 0.05) is 23.1 Å². The number of rotatable bonds is 2. The van der Waals surface area contributed by atoms with Crippen molar-refractivity contribution in [3.05, 3.63) is 28.2 Å². The molecule has 2 rings (SSSR count). The summed E-state index contributed by atoms with van der Waals surface area (Å²) < 4.78 is 24.1. The lowest BCUT2D eigenvalue weighted by Gasteiger charge is -2.23. The Morgan fingerprint density at radius 2 is 2.05 bits per heavy atom. The third kappa shape index (κ3) is 3.67. The Labute approximate surface area is 127 Å². The zero-order chi connectivity index (χ0) is 14.0. The van der Waals surface area contributed by atoms with E-state index in [2.05, 4.69) is 20.8 Å². The molecule has 0 amide bonds. The summed E-state index contributed by atoms with van der Waals surface area (Å²) >= 11 is 8.44. The summed E-state index contributed by atoms with van der Waals surface area (Å²) in [5.41, 5.74) is 7.37. The maximum absolute atomic E-state index is 11.6. The Morgan fingerprint density at radius 3 is 2.68 bits per heavy atom. The number of hydrogen-bond donors (Lipinski definition) is 1. The van der Waals surface area contributed by atoms with Crippen molar-refractivity contribution in [1.82, 2.24) is 0 Å². The minimum atomic E-state index is -2.89. The molecule has 7 heteroatoms. The average Bonchev–Trinajstić information content (AvgIpc) is 2.50. The number of benzene rings is 1. The molecule has 104 valence electrons. The Balaban J connectivity index is 2.25. The monoisotopic (exact) mass is 362 g/mol. The lowest BCUT2D eigenvalue weighted by Crippen LogP contribution is -2.27. The Hall–Kier alpha value is -0.660. The van der Waals surface area contributed by atoms with Gasteiger partial charge in [0.15, 0.2) is 9.84 Å². The smallest absolute Gasteiger partial charge is 0.152 e. The molecule has 1 saturated heterocycles. The first kappa shape index (κ1) is 14.7. The van der Waals surface area contributed by atoms with Gasteiger partial charge in [0.1, 0.15) is 4.99 Å². The fourth-order valence-electron chi connectivity index (χ4n) is 2.10. The Bertz CT molecular complexity index is 602. The van der Waals surface area contributed by atoms with Crippen molar-refractivity contribution < 1.29 is 8.42 Å². The van der Waals surface area contributed by atoms with E-state index in [9.17, 15) is 8.42 Å². The molecule has 2 N–H and O–H groups in total. The van der Waals surface area contributed by atoms with Crippen molar-refractivity contribution in [3.63, 3.8) is 0 Å². The molecule has 0 unspecified atom stereocenters. The van der Waals surface area contributed by atoms with Crippen molar-refractivity contribution in [2.45, 2.75) is 6.42 Å². The maximum atomic E-state index is 11.6. The molecule has 0 saturated carbocycles. The molecule has 1 aliphatic rings. The minimum Gasteiger partial charge on any atom is -0.389 e. The molecule has 0 spiro atoms. The molecule has 0 aromatic heterocycles. The van der Waals surface area contributed by atoms with Crippen molar-refractivity contribution in [1.29, 1.82) is 0 Å². The summed E-state index contributed by atoms with van der Waals surface area (Å²) in [7, 11) is -2.89. The van der Waals surface area contributed by atoms with E-state index < -0.39 is 9.84 Å². The summed E-state index contributed by atoms with van der Waals surface area (Å²) in [6, 6.07) is 5.66. The normalized spacial score (nSPS) is 18.9. The zero-order valence-electron chi connectivity index (χ0n) is 10.3. The first-order valence-electron chi connectivity index (χ1n) is 5.94. The van der Waals surface area contributed by atoms with E-state index in [1.807, 2.05) is 18.2 Å². The molecule has 1 fully saturated rings. The Morgan fingerprint density at radius 1 is 1.32 bits per heavy atom. The molecule has 4 nitrogen and oxygen atoms in total. The quantitative estimate of drug-likeness (QED) is 0.811. The number of sulfone groups is 1. The lowest BCUT2D eigenvalue weighted by molar-refractivity contribution is 0.597. The number of nitrogens with zero attached hydrogens (tertiary/aromatic N) is 1. The Kier molecular flexibility index (Phi) is 4.47. The third-order valence-corrected chi connectivity index (χ3v) is 5.71. The van der Waals surface area contributed by atoms with Crippen LogP contribution in [0.2, 0.25) is 0 Å². The van der Waals surface area contributed by atoms with Crippen molar-refractivity contribution in [3.8, 4) is 0 Å². The minimum absolute atomic E-state index is 0.205. The van der Waals surface area contributed by atoms with Gasteiger partial charge < -0.3 is 10.6 Å². The fourth-order valence-corrected chi connectivity index (χ4v) is 4.12. The van der Waals surface area contributed by atoms with Gasteiger partial charge in [0.05, 0.1) is 17.2 Å². The molecule has 0 aliphatic carbocycles. The van der Waals surface area contributed by atoms with Crippen LogP contribution in [0.4, 0.5) is 5.69 Å². The van der Waals surface area contributed by atoms with Crippen LogP contribution in [0, 0.1) is 0 Å². The first-order valence-corrected chi connectivity index (χ1v) is 8.96. The van der Waals surface area contributed by atoms with Crippen molar-refractivity contribution >= 4 is 48.7 Å². The van der Waals surface area contributed by atoms with Gasteiger partial charge in [-0.1, -0.05) is 12.2 Å². The molecule has 1 aromatic rings. The highest BCUT2D eigenvalue weighted by atomic mass is 79.9. The number of thiocarbonyl (C=S) groups is 1. The number of anilines is 1. The third-order valence-electron chi connectivity index (χ3n) is 3.13. The molecule has 1 aromatic carbocycles. The second-order valence-electron chi connectivity index (χ2n) is 4.52. The molecule has 19 heavy (non-hydrogen) atoms. The highest BCUT2D eigenvalue weighted by Gasteiger charge is 2.20. The largest absolute Gasteiger partial charge is 0.389 e. The molecule has 1 aliphatic heterocycles. The van der Waals surface area contributed by atoms with Gasteiger partial charge in [-0.25, -0.2) is 8.42 Å². The van der Waals surface area contributed by atoms with E-state index in [0.717, 1.165) is 22.3 Å². The van der Waals surface area contributed by atoms with E-state index >= 15 is 0 Å². The maximum Gasteiger partial charge on any atom is 0.152 e. The fraction of sp³-hybridized carbons (Fsp3) is 0.417. The molecule has 0 bridgehead atoms. The van der Waals surface area contributed by atoms with Crippen LogP contribution in [-0.4, -0.2) is 38.0 Å². The number of halogens is 1. The summed E-state index contributed by atoms with van der Waals surface area (Å²) in [6.07, 6.45) is 0.659. The zero-order valence-corrected chi connectivity index (χ0v) is 13.5. The standard InChI is InChI=1S/C12H15BrN2O2S2/c13-10-8-9(12(14)18)2-3-11(10)15-4-1-6-19(16,17)7-5-15/h2-3,8H,1,4-7H2,(H2,14,18). The van der Waals surface area contributed by atoms with Gasteiger partial charge >= 0.3 is 0 Å². The second kappa shape index (κ2) is 5.76. The van der Waals surface area contributed by atoms with E-state index in [0.29, 0.717) is 18.0 Å². The topological polar surface area (TPSA) is 63.4 Å². The van der Waals surface area contributed by atoms with E-state index in [1.165, 1.54) is 0 Å². The molecule has 0 radical (unpaired) electrons. The summed E-state index contributed by atoms with van der Waals surface area (Å²) in [6.45, 7) is 1.26. The van der Waals surface area contributed by atoms with Gasteiger partial charge in [-0.3, -0.25) is 0 Å². The van der Waals surface area contributed by atoms with Crippen LogP contribution >= 0.6 is 28.1 Å². The van der Waals surface area contributed by atoms with Gasteiger partial charge in [0.25, 0.3) is 0 Å². The van der Waals surface area contributed by atoms with Crippen LogP contribution in [-0.2, 0) is 9.84 Å². The second-order valence-corrected chi connectivity index (χ2v) is 8.12. The summed E-state index contributed by atoms with van der Waals surface area (Å²) in [5.74, 6) is 0.475.